The molecule has 0 atom stereocenters. The van der Waals surface area contributed by atoms with Crippen LogP contribution in [0.3, 0.4) is 0 Å². The van der Waals surface area contributed by atoms with E-state index in [0.717, 1.165) is 39.6 Å². The van der Waals surface area contributed by atoms with Crippen molar-refractivity contribution < 1.29 is 9.52 Å². The summed E-state index contributed by atoms with van der Waals surface area (Å²) in [7, 11) is 0. The smallest absolute Gasteiger partial charge is 0.197 e. The van der Waals surface area contributed by atoms with Crippen molar-refractivity contribution in [3.63, 3.8) is 0 Å². The second-order valence-corrected chi connectivity index (χ2v) is 7.21. The van der Waals surface area contributed by atoms with E-state index in [4.69, 9.17) is 21.1 Å². The molecule has 0 aliphatic heterocycles. The molecule has 0 saturated heterocycles. The van der Waals surface area contributed by atoms with Crippen molar-refractivity contribution >= 4 is 44.8 Å². The first-order valence-corrected chi connectivity index (χ1v) is 9.79. The summed E-state index contributed by atoms with van der Waals surface area (Å²) in [6.45, 7) is 0.135. The number of halogens is 1. The van der Waals surface area contributed by atoms with Crippen LogP contribution in [0.1, 0.15) is 12.0 Å². The number of hydrogen-bond acceptors (Lipinski definition) is 7. The molecule has 5 aromatic rings. The summed E-state index contributed by atoms with van der Waals surface area (Å²) in [5.41, 5.74) is 3.89. The predicted molar refractivity (Wildman–Crippen MR) is 115 cm³/mol. The molecule has 0 saturated carbocycles. The van der Waals surface area contributed by atoms with Gasteiger partial charge in [-0.1, -0.05) is 11.6 Å². The van der Waals surface area contributed by atoms with Gasteiger partial charge in [0.1, 0.15) is 0 Å². The largest absolute Gasteiger partial charge is 0.449 e. The highest BCUT2D eigenvalue weighted by atomic mass is 35.5. The van der Waals surface area contributed by atoms with Gasteiger partial charge in [0.25, 0.3) is 0 Å². The van der Waals surface area contributed by atoms with Crippen LogP contribution < -0.4 is 5.32 Å². The molecule has 1 aromatic carbocycles. The number of anilines is 2. The number of fused-ring (bicyclic) bond motifs is 2. The summed E-state index contributed by atoms with van der Waals surface area (Å²) in [5.74, 6) is 0.970. The number of nitrogens with one attached hydrogen (secondary N) is 2. The third kappa shape index (κ3) is 3.26. The number of nitrogens with zero attached hydrogens (tertiary/aromatic N) is 4. The quantitative estimate of drug-likeness (QED) is 0.371. The van der Waals surface area contributed by atoms with Gasteiger partial charge >= 0.3 is 0 Å². The van der Waals surface area contributed by atoms with Crippen molar-refractivity contribution in [2.45, 2.75) is 12.8 Å². The van der Waals surface area contributed by atoms with Crippen LogP contribution in [0.15, 0.2) is 53.6 Å². The number of furan rings is 1. The van der Waals surface area contributed by atoms with Crippen LogP contribution in [0.25, 0.3) is 33.5 Å². The Balaban J connectivity index is 1.60. The Morgan fingerprint density at radius 3 is 2.77 bits per heavy atom. The molecule has 0 radical (unpaired) electrons. The minimum absolute atomic E-state index is 0.135. The van der Waals surface area contributed by atoms with Gasteiger partial charge in [-0.2, -0.15) is 5.10 Å². The van der Waals surface area contributed by atoms with E-state index in [2.05, 4.69) is 30.5 Å². The van der Waals surface area contributed by atoms with Gasteiger partial charge in [0.15, 0.2) is 17.2 Å². The molecular weight excluding hydrogens is 404 g/mol. The number of H-pyrrole nitrogens is 1. The Hall–Kier alpha value is -3.49. The maximum atomic E-state index is 9.01. The van der Waals surface area contributed by atoms with E-state index < -0.39 is 0 Å². The molecule has 0 bridgehead atoms. The number of benzene rings is 1. The molecular formula is C21H17ClN6O2. The summed E-state index contributed by atoms with van der Waals surface area (Å²) in [4.78, 5) is 13.1. The molecule has 0 aliphatic carbocycles. The van der Waals surface area contributed by atoms with E-state index in [1.54, 1.807) is 37.1 Å². The van der Waals surface area contributed by atoms with Crippen molar-refractivity contribution in [3.05, 3.63) is 59.8 Å². The predicted octanol–water partition coefficient (Wildman–Crippen LogP) is 4.48. The van der Waals surface area contributed by atoms with Gasteiger partial charge in [-0.3, -0.25) is 10.1 Å². The molecule has 30 heavy (non-hydrogen) atoms. The van der Waals surface area contributed by atoms with Crippen molar-refractivity contribution in [1.82, 2.24) is 25.1 Å². The fraction of sp³-hybridized carbons (Fsp3) is 0.143. The zero-order valence-electron chi connectivity index (χ0n) is 15.8. The van der Waals surface area contributed by atoms with E-state index in [-0.39, 0.29) is 6.61 Å². The molecule has 0 spiro atoms. The Morgan fingerprint density at radius 1 is 1.07 bits per heavy atom. The standard InChI is InChI=1S/C21H17ClN6O2/c22-15-3-4-16(14-10-26-28-18(14)15)27-19-13-5-6-23-11-17(13)30-20(19)21-24-8-12(9-25-21)2-1-7-29/h3-6,8-11,27,29H,1-2,7H2,(H,26,28). The molecule has 8 nitrogen and oxygen atoms in total. The number of aryl methyl sites for hydroxylation is 1. The topological polar surface area (TPSA) is 113 Å². The minimum Gasteiger partial charge on any atom is -0.449 e. The van der Waals surface area contributed by atoms with Crippen LogP contribution in [0.5, 0.6) is 0 Å². The lowest BCUT2D eigenvalue weighted by Crippen LogP contribution is -1.97. The van der Waals surface area contributed by atoms with Gasteiger partial charge < -0.3 is 14.8 Å². The summed E-state index contributed by atoms with van der Waals surface area (Å²) >= 11 is 6.26. The second-order valence-electron chi connectivity index (χ2n) is 6.80. The summed E-state index contributed by atoms with van der Waals surface area (Å²) in [5, 5.41) is 21.8. The summed E-state index contributed by atoms with van der Waals surface area (Å²) in [6, 6.07) is 5.58. The van der Waals surface area contributed by atoms with Gasteiger partial charge in [0.2, 0.25) is 0 Å². The average molecular weight is 421 g/mol. The second kappa shape index (κ2) is 7.74. The van der Waals surface area contributed by atoms with Gasteiger partial charge in [0, 0.05) is 41.7 Å². The number of pyridine rings is 1. The molecule has 0 aliphatic rings. The number of hydrogen-bond donors (Lipinski definition) is 3. The van der Waals surface area contributed by atoms with Crippen LogP contribution >= 0.6 is 11.6 Å². The summed E-state index contributed by atoms with van der Waals surface area (Å²) < 4.78 is 6.06. The third-order valence-electron chi connectivity index (χ3n) is 4.85. The van der Waals surface area contributed by atoms with E-state index in [1.807, 2.05) is 12.1 Å². The average Bonchev–Trinajstić information content (AvgIpc) is 3.41. The van der Waals surface area contributed by atoms with Crippen LogP contribution in [0.2, 0.25) is 5.02 Å². The molecule has 4 aromatic heterocycles. The fourth-order valence-electron chi connectivity index (χ4n) is 3.36. The molecule has 5 rings (SSSR count). The minimum atomic E-state index is 0.135. The van der Waals surface area contributed by atoms with E-state index in [0.29, 0.717) is 28.6 Å². The number of aliphatic hydroxyl groups excluding tert-OH is 1. The highest BCUT2D eigenvalue weighted by molar-refractivity contribution is 6.35. The number of rotatable bonds is 6. The molecule has 0 unspecified atom stereocenters. The first kappa shape index (κ1) is 18.5. The normalized spacial score (nSPS) is 11.4. The molecule has 150 valence electrons. The first-order valence-electron chi connectivity index (χ1n) is 9.42. The van der Waals surface area contributed by atoms with Gasteiger partial charge in [-0.25, -0.2) is 9.97 Å². The van der Waals surface area contributed by atoms with Crippen LogP contribution in [0.4, 0.5) is 11.4 Å². The monoisotopic (exact) mass is 420 g/mol. The summed E-state index contributed by atoms with van der Waals surface area (Å²) in [6.07, 6.45) is 9.99. The van der Waals surface area contributed by atoms with Crippen LogP contribution in [-0.2, 0) is 6.42 Å². The lowest BCUT2D eigenvalue weighted by atomic mass is 10.2. The Kier molecular flexibility index (Phi) is 4.78. The molecule has 9 heteroatoms. The number of aromatic nitrogens is 5. The molecule has 0 amide bonds. The zero-order valence-corrected chi connectivity index (χ0v) is 16.5. The SMILES string of the molecule is OCCCc1cnc(-c2oc3cnccc3c2Nc2ccc(Cl)c3[nH]ncc23)nc1. The third-order valence-corrected chi connectivity index (χ3v) is 5.16. The van der Waals surface area contributed by atoms with Gasteiger partial charge in [-0.15, -0.1) is 0 Å². The van der Waals surface area contributed by atoms with Crippen LogP contribution in [-0.4, -0.2) is 36.9 Å². The van der Waals surface area contributed by atoms with Gasteiger partial charge in [0.05, 0.1) is 28.6 Å². The fourth-order valence-corrected chi connectivity index (χ4v) is 3.57. The zero-order chi connectivity index (χ0) is 20.5. The Morgan fingerprint density at radius 2 is 1.93 bits per heavy atom. The lowest BCUT2D eigenvalue weighted by Gasteiger charge is -2.09. The van der Waals surface area contributed by atoms with Crippen LogP contribution in [0, 0.1) is 0 Å². The number of aliphatic hydroxyl groups is 1. The van der Waals surface area contributed by atoms with Crippen molar-refractivity contribution in [2.75, 3.05) is 11.9 Å². The maximum Gasteiger partial charge on any atom is 0.197 e. The van der Waals surface area contributed by atoms with Crippen molar-refractivity contribution in [3.8, 4) is 11.6 Å². The highest BCUT2D eigenvalue weighted by Crippen LogP contribution is 2.39. The van der Waals surface area contributed by atoms with E-state index >= 15 is 0 Å². The van der Waals surface area contributed by atoms with E-state index in [1.165, 1.54) is 0 Å². The maximum absolute atomic E-state index is 9.01. The molecule has 0 fully saturated rings. The highest BCUT2D eigenvalue weighted by Gasteiger charge is 2.20. The first-order chi connectivity index (χ1) is 14.7. The van der Waals surface area contributed by atoms with Crippen molar-refractivity contribution in [1.29, 1.82) is 0 Å². The van der Waals surface area contributed by atoms with Gasteiger partial charge in [-0.05, 0) is 36.6 Å². The molecule has 3 N–H and O–H groups in total. The Labute approximate surface area is 176 Å². The van der Waals surface area contributed by atoms with E-state index in [9.17, 15) is 0 Å². The number of aromatic amines is 1. The Bertz CT molecular complexity index is 1330. The lowest BCUT2D eigenvalue weighted by molar-refractivity contribution is 0.288. The van der Waals surface area contributed by atoms with Crippen molar-refractivity contribution in [2.24, 2.45) is 0 Å². The molecule has 4 heterocycles.